The summed E-state index contributed by atoms with van der Waals surface area (Å²) in [5, 5.41) is 24.1. The topological polar surface area (TPSA) is 110 Å². The van der Waals surface area contributed by atoms with E-state index in [9.17, 15) is 19.8 Å². The van der Waals surface area contributed by atoms with Crippen molar-refractivity contribution in [3.8, 4) is 5.75 Å². The van der Waals surface area contributed by atoms with E-state index < -0.39 is 23.9 Å². The number of aliphatic hydroxyl groups excluding tert-OH is 1. The highest BCUT2D eigenvalue weighted by molar-refractivity contribution is 6.02. The number of phenolic OH excluding ortho intramolecular Hbond substituents is 1. The zero-order valence-electron chi connectivity index (χ0n) is 18.2. The molecule has 3 heterocycles. The Bertz CT molecular complexity index is 1890. The minimum Gasteiger partial charge on any atom is -0.508 e. The van der Waals surface area contributed by atoms with Gasteiger partial charge in [-0.15, -0.1) is 0 Å². The van der Waals surface area contributed by atoms with E-state index in [0.717, 1.165) is 10.6 Å². The molecule has 1 aliphatic carbocycles. The predicted molar refractivity (Wildman–Crippen MR) is 128 cm³/mol. The molecule has 0 bridgehead atoms. The monoisotopic (exact) mass is 466 g/mol. The number of para-hydroxylation sites is 2. The summed E-state index contributed by atoms with van der Waals surface area (Å²) in [4.78, 5) is 26.7. The summed E-state index contributed by atoms with van der Waals surface area (Å²) in [5.74, 6) is -1.74. The molecule has 1 fully saturated rings. The Morgan fingerprint density at radius 3 is 2.34 bits per heavy atom. The third kappa shape index (κ3) is 2.76. The van der Waals surface area contributed by atoms with E-state index in [1.807, 2.05) is 24.3 Å². The molecule has 2 N–H and O–H groups in total. The fourth-order valence-corrected chi connectivity index (χ4v) is 5.36. The molecule has 0 saturated heterocycles. The second kappa shape index (κ2) is 7.07. The second-order valence-electron chi connectivity index (χ2n) is 8.99. The molecule has 2 aromatic heterocycles. The number of benzene rings is 3. The van der Waals surface area contributed by atoms with Crippen LogP contribution in [0.4, 0.5) is 0 Å². The molecule has 2 aliphatic rings. The van der Waals surface area contributed by atoms with E-state index in [1.54, 1.807) is 24.3 Å². The van der Waals surface area contributed by atoms with Crippen LogP contribution in [0.5, 0.6) is 5.75 Å². The van der Waals surface area contributed by atoms with Crippen molar-refractivity contribution >= 4 is 50.5 Å². The van der Waals surface area contributed by atoms with Crippen molar-refractivity contribution in [3.05, 3.63) is 87.1 Å². The standard InChI is InChI=1S/C28H18O7/c29-19-11-23-16(25(31)14-6-2-4-8-22(14)34-23)9-15(19)24-20(30)10-17-27-18(12-33-28(17)26(24)32)13-5-1-3-7-21(13)35-27/h1-9,11-12,20,24,28-30H,10H2. The molecule has 5 aromatic rings. The maximum atomic E-state index is 13.6. The van der Waals surface area contributed by atoms with E-state index in [-0.39, 0.29) is 34.1 Å². The Morgan fingerprint density at radius 2 is 1.54 bits per heavy atom. The minimum atomic E-state index is -1.15. The number of carbonyl (C=O) groups excluding carboxylic acids is 1. The fraction of sp³-hybridized carbons (Fsp3) is 0.143. The van der Waals surface area contributed by atoms with Crippen LogP contribution in [0.1, 0.15) is 17.9 Å². The van der Waals surface area contributed by atoms with Gasteiger partial charge in [0.1, 0.15) is 27.9 Å². The molecule has 3 unspecified atom stereocenters. The lowest BCUT2D eigenvalue weighted by molar-refractivity contribution is -0.130. The largest absolute Gasteiger partial charge is 0.508 e. The summed E-state index contributed by atoms with van der Waals surface area (Å²) in [6.07, 6.45) is -0.471. The molecular weight excluding hydrogens is 448 g/mol. The number of Topliss-reactive ketones (excluding diaryl/α,β-unsaturated/α-hetero) is 1. The Morgan fingerprint density at radius 1 is 0.829 bits per heavy atom. The van der Waals surface area contributed by atoms with Gasteiger partial charge in [0.2, 0.25) is 5.43 Å². The lowest BCUT2D eigenvalue weighted by Crippen LogP contribution is -2.47. The van der Waals surface area contributed by atoms with Crippen LogP contribution in [-0.2, 0) is 9.53 Å². The van der Waals surface area contributed by atoms with Crippen LogP contribution < -0.4 is 16.1 Å². The maximum Gasteiger partial charge on any atom is 0.200 e. The first-order valence-corrected chi connectivity index (χ1v) is 11.3. The first-order chi connectivity index (χ1) is 17.0. The normalized spacial score (nSPS) is 21.6. The van der Waals surface area contributed by atoms with E-state index in [4.69, 9.17) is 13.6 Å². The Labute approximate surface area is 196 Å². The molecule has 3 aromatic carbocycles. The molecule has 172 valence electrons. The number of hydrogen-bond acceptors (Lipinski definition) is 7. The summed E-state index contributed by atoms with van der Waals surface area (Å²) in [7, 11) is 0. The zero-order chi connectivity index (χ0) is 23.8. The molecule has 0 radical (unpaired) electrons. The number of ketones is 1. The first-order valence-electron chi connectivity index (χ1n) is 11.3. The number of phenols is 1. The van der Waals surface area contributed by atoms with Gasteiger partial charge in [-0.05, 0) is 24.3 Å². The molecule has 1 aliphatic heterocycles. The number of carbonyl (C=O) groups is 1. The highest BCUT2D eigenvalue weighted by Crippen LogP contribution is 2.40. The number of fused-ring (bicyclic) bond motifs is 6. The van der Waals surface area contributed by atoms with Crippen LogP contribution in [0, 0.1) is 0 Å². The van der Waals surface area contributed by atoms with Gasteiger partial charge >= 0.3 is 0 Å². The quantitative estimate of drug-likeness (QED) is 0.366. The molecular formula is C28H18O7. The van der Waals surface area contributed by atoms with E-state index in [0.29, 0.717) is 27.5 Å². The molecule has 0 amide bonds. The predicted octanol–water partition coefficient (Wildman–Crippen LogP) is 2.80. The van der Waals surface area contributed by atoms with Gasteiger partial charge in [0.05, 0.1) is 34.3 Å². The van der Waals surface area contributed by atoms with Gasteiger partial charge in [-0.3, -0.25) is 9.59 Å². The van der Waals surface area contributed by atoms with Crippen LogP contribution in [-0.4, -0.2) is 28.2 Å². The van der Waals surface area contributed by atoms with Gasteiger partial charge in [-0.1, -0.05) is 30.3 Å². The third-order valence-corrected chi connectivity index (χ3v) is 7.00. The smallest absolute Gasteiger partial charge is 0.200 e. The van der Waals surface area contributed by atoms with Crippen molar-refractivity contribution in [1.29, 1.82) is 0 Å². The summed E-state index contributed by atoms with van der Waals surface area (Å²) >= 11 is 0. The molecule has 35 heavy (non-hydrogen) atoms. The number of rotatable bonds is 1. The number of aliphatic hydroxyl groups is 1. The number of ether oxygens (including phenoxy) is 1. The summed E-state index contributed by atoms with van der Waals surface area (Å²) in [6, 6.07) is 17.1. The summed E-state index contributed by atoms with van der Waals surface area (Å²) in [6.45, 7) is 0. The van der Waals surface area contributed by atoms with Crippen molar-refractivity contribution in [2.75, 3.05) is 0 Å². The summed E-state index contributed by atoms with van der Waals surface area (Å²) < 4.78 is 17.7. The molecule has 7 rings (SSSR count). The molecule has 7 heteroatoms. The molecule has 0 spiro atoms. The SMILES string of the molecule is O=C1C2OC=c3c(oc4ccccc34)=C2CC(O)C1c1cc2c(=O)c3ccccc3oc2cc1O. The lowest BCUT2D eigenvalue weighted by atomic mass is 9.75. The van der Waals surface area contributed by atoms with Crippen LogP contribution in [0.2, 0.25) is 0 Å². The van der Waals surface area contributed by atoms with Crippen LogP contribution >= 0.6 is 0 Å². The zero-order valence-corrected chi connectivity index (χ0v) is 18.2. The summed E-state index contributed by atoms with van der Waals surface area (Å²) in [5.41, 5.74) is 2.26. The van der Waals surface area contributed by atoms with Crippen molar-refractivity contribution in [3.63, 3.8) is 0 Å². The van der Waals surface area contributed by atoms with E-state index in [1.165, 1.54) is 18.4 Å². The number of aromatic hydroxyl groups is 1. The molecule has 3 atom stereocenters. The number of hydrogen-bond donors (Lipinski definition) is 2. The van der Waals surface area contributed by atoms with Crippen molar-refractivity contribution in [2.45, 2.75) is 24.5 Å². The molecule has 7 nitrogen and oxygen atoms in total. The van der Waals surface area contributed by atoms with Crippen molar-refractivity contribution in [2.24, 2.45) is 0 Å². The molecule has 1 saturated carbocycles. The third-order valence-electron chi connectivity index (χ3n) is 7.00. The van der Waals surface area contributed by atoms with Gasteiger partial charge in [0, 0.05) is 29.0 Å². The highest BCUT2D eigenvalue weighted by atomic mass is 16.5. The second-order valence-corrected chi connectivity index (χ2v) is 8.99. The minimum absolute atomic E-state index is 0.117. The number of furan rings is 1. The van der Waals surface area contributed by atoms with Gasteiger partial charge in [0.15, 0.2) is 11.9 Å². The van der Waals surface area contributed by atoms with Crippen molar-refractivity contribution < 1.29 is 28.6 Å². The van der Waals surface area contributed by atoms with Crippen LogP contribution in [0.3, 0.4) is 0 Å². The van der Waals surface area contributed by atoms with Crippen molar-refractivity contribution in [1.82, 2.24) is 0 Å². The average Bonchev–Trinajstić information content (AvgIpc) is 3.24. The van der Waals surface area contributed by atoms with Crippen LogP contribution in [0.25, 0.3) is 44.7 Å². The van der Waals surface area contributed by atoms with Gasteiger partial charge in [-0.25, -0.2) is 0 Å². The van der Waals surface area contributed by atoms with Gasteiger partial charge in [-0.2, -0.15) is 0 Å². The Kier molecular flexibility index (Phi) is 4.05. The first kappa shape index (κ1) is 20.1. The Hall–Kier alpha value is -4.36. The maximum absolute atomic E-state index is 13.6. The van der Waals surface area contributed by atoms with Gasteiger partial charge < -0.3 is 23.8 Å². The Balaban J connectivity index is 1.39. The van der Waals surface area contributed by atoms with E-state index >= 15 is 0 Å². The average molecular weight is 466 g/mol. The van der Waals surface area contributed by atoms with Gasteiger partial charge in [0.25, 0.3) is 0 Å². The highest BCUT2D eigenvalue weighted by Gasteiger charge is 2.45. The van der Waals surface area contributed by atoms with E-state index in [2.05, 4.69) is 0 Å². The van der Waals surface area contributed by atoms with Crippen LogP contribution in [0.15, 0.2) is 74.3 Å². The fourth-order valence-electron chi connectivity index (χ4n) is 5.36. The lowest BCUT2D eigenvalue weighted by Gasteiger charge is -2.34.